The molecule has 1 aromatic heterocycles. The molecule has 0 saturated heterocycles. The lowest BCUT2D eigenvalue weighted by atomic mass is 10.2. The van der Waals surface area contributed by atoms with Crippen molar-refractivity contribution >= 4 is 28.8 Å². The summed E-state index contributed by atoms with van der Waals surface area (Å²) in [6.45, 7) is 0.478. The van der Waals surface area contributed by atoms with Crippen LogP contribution in [0.2, 0.25) is 5.02 Å². The molecule has 0 fully saturated rings. The Balaban J connectivity index is 1.56. The minimum Gasteiger partial charge on any atom is -0.497 e. The van der Waals surface area contributed by atoms with Crippen LogP contribution in [0.5, 0.6) is 5.75 Å². The average Bonchev–Trinajstić information content (AvgIpc) is 3.10. The van der Waals surface area contributed by atoms with Crippen LogP contribution >= 0.6 is 22.9 Å². The van der Waals surface area contributed by atoms with E-state index in [0.717, 1.165) is 27.6 Å². The summed E-state index contributed by atoms with van der Waals surface area (Å²) in [7, 11) is 1.64. The van der Waals surface area contributed by atoms with Gasteiger partial charge in [0.1, 0.15) is 10.8 Å². The van der Waals surface area contributed by atoms with Gasteiger partial charge in [-0.1, -0.05) is 23.7 Å². The molecule has 3 aromatic rings. The fourth-order valence-corrected chi connectivity index (χ4v) is 3.24. The van der Waals surface area contributed by atoms with Gasteiger partial charge < -0.3 is 10.1 Å². The van der Waals surface area contributed by atoms with E-state index in [1.54, 1.807) is 7.11 Å². The standard InChI is InChI=1S/C19H17ClN2O2S/c1-24-17-8-4-14(5-9-17)19-22-16(12-25-19)10-18(23)21-11-13-2-6-15(20)7-3-13/h2-9,12H,10-11H2,1H3,(H,21,23). The van der Waals surface area contributed by atoms with Crippen molar-refractivity contribution in [3.05, 3.63) is 70.2 Å². The third-order valence-corrected chi connectivity index (χ3v) is 4.83. The van der Waals surface area contributed by atoms with E-state index in [9.17, 15) is 4.79 Å². The number of aromatic nitrogens is 1. The van der Waals surface area contributed by atoms with Crippen molar-refractivity contribution in [3.63, 3.8) is 0 Å². The third-order valence-electron chi connectivity index (χ3n) is 3.63. The topological polar surface area (TPSA) is 51.2 Å². The summed E-state index contributed by atoms with van der Waals surface area (Å²) in [4.78, 5) is 16.6. The highest BCUT2D eigenvalue weighted by atomic mass is 35.5. The summed E-state index contributed by atoms with van der Waals surface area (Å²) in [6, 6.07) is 15.1. The number of halogens is 1. The average molecular weight is 373 g/mol. The largest absolute Gasteiger partial charge is 0.497 e. The van der Waals surface area contributed by atoms with E-state index in [2.05, 4.69) is 10.3 Å². The van der Waals surface area contributed by atoms with Gasteiger partial charge in [0.25, 0.3) is 0 Å². The third kappa shape index (κ3) is 4.81. The van der Waals surface area contributed by atoms with Crippen molar-refractivity contribution in [3.8, 4) is 16.3 Å². The first-order chi connectivity index (χ1) is 12.1. The number of carbonyl (C=O) groups is 1. The SMILES string of the molecule is COc1ccc(-c2nc(CC(=O)NCc3ccc(Cl)cc3)cs2)cc1. The molecule has 128 valence electrons. The molecule has 0 aliphatic carbocycles. The molecule has 0 atom stereocenters. The maximum absolute atomic E-state index is 12.1. The summed E-state index contributed by atoms with van der Waals surface area (Å²) in [5.41, 5.74) is 2.79. The molecular formula is C19H17ClN2O2S. The summed E-state index contributed by atoms with van der Waals surface area (Å²) in [5, 5.41) is 6.39. The van der Waals surface area contributed by atoms with Gasteiger partial charge in [0.15, 0.2) is 0 Å². The van der Waals surface area contributed by atoms with Crippen LogP contribution in [0.1, 0.15) is 11.3 Å². The first-order valence-corrected chi connectivity index (χ1v) is 9.00. The highest BCUT2D eigenvalue weighted by Gasteiger charge is 2.09. The van der Waals surface area contributed by atoms with E-state index in [1.165, 1.54) is 11.3 Å². The number of hydrogen-bond donors (Lipinski definition) is 1. The molecule has 1 amide bonds. The number of hydrogen-bond acceptors (Lipinski definition) is 4. The Morgan fingerprint density at radius 1 is 1.16 bits per heavy atom. The number of rotatable bonds is 6. The Bertz CT molecular complexity index is 845. The van der Waals surface area contributed by atoms with Crippen molar-refractivity contribution < 1.29 is 9.53 Å². The van der Waals surface area contributed by atoms with Gasteiger partial charge in [0.05, 0.1) is 19.2 Å². The molecule has 0 aliphatic rings. The number of nitrogens with zero attached hydrogens (tertiary/aromatic N) is 1. The van der Waals surface area contributed by atoms with Crippen LogP contribution in [0.4, 0.5) is 0 Å². The molecule has 4 nitrogen and oxygen atoms in total. The summed E-state index contributed by atoms with van der Waals surface area (Å²) >= 11 is 7.38. The van der Waals surface area contributed by atoms with E-state index in [4.69, 9.17) is 16.3 Å². The number of benzene rings is 2. The van der Waals surface area contributed by atoms with Gasteiger partial charge in [-0.25, -0.2) is 4.98 Å². The number of thiazole rings is 1. The molecule has 0 unspecified atom stereocenters. The van der Waals surface area contributed by atoms with Crippen molar-refractivity contribution in [2.75, 3.05) is 7.11 Å². The molecule has 0 bridgehead atoms. The summed E-state index contributed by atoms with van der Waals surface area (Å²) in [5.74, 6) is 0.753. The van der Waals surface area contributed by atoms with E-state index in [-0.39, 0.29) is 12.3 Å². The number of amides is 1. The van der Waals surface area contributed by atoms with Crippen molar-refractivity contribution in [1.29, 1.82) is 0 Å². The fourth-order valence-electron chi connectivity index (χ4n) is 2.28. The molecule has 0 spiro atoms. The monoisotopic (exact) mass is 372 g/mol. The van der Waals surface area contributed by atoms with E-state index >= 15 is 0 Å². The van der Waals surface area contributed by atoms with Crippen molar-refractivity contribution in [2.24, 2.45) is 0 Å². The second-order valence-electron chi connectivity index (χ2n) is 5.45. The Kier molecular flexibility index (Phi) is 5.68. The van der Waals surface area contributed by atoms with Crippen LogP contribution in [0, 0.1) is 0 Å². The highest BCUT2D eigenvalue weighted by molar-refractivity contribution is 7.13. The Morgan fingerprint density at radius 3 is 2.56 bits per heavy atom. The van der Waals surface area contributed by atoms with Crippen LogP contribution in [0.15, 0.2) is 53.9 Å². The molecule has 0 saturated carbocycles. The Morgan fingerprint density at radius 2 is 1.88 bits per heavy atom. The summed E-state index contributed by atoms with van der Waals surface area (Å²) in [6.07, 6.45) is 0.264. The predicted molar refractivity (Wildman–Crippen MR) is 101 cm³/mol. The van der Waals surface area contributed by atoms with Gasteiger partial charge in [-0.15, -0.1) is 11.3 Å². The molecule has 0 aliphatic heterocycles. The second-order valence-corrected chi connectivity index (χ2v) is 6.75. The van der Waals surface area contributed by atoms with Crippen molar-refractivity contribution in [2.45, 2.75) is 13.0 Å². The molecule has 0 radical (unpaired) electrons. The minimum atomic E-state index is -0.0541. The van der Waals surface area contributed by atoms with Gasteiger partial charge in [-0.05, 0) is 42.0 Å². The zero-order valence-electron chi connectivity index (χ0n) is 13.7. The molecule has 6 heteroatoms. The Labute approximate surface area is 155 Å². The van der Waals surface area contributed by atoms with Gasteiger partial charge in [-0.2, -0.15) is 0 Å². The van der Waals surface area contributed by atoms with Crippen LogP contribution in [0.3, 0.4) is 0 Å². The van der Waals surface area contributed by atoms with Gasteiger partial charge >= 0.3 is 0 Å². The zero-order chi connectivity index (χ0) is 17.6. The maximum atomic E-state index is 12.1. The molecule has 1 heterocycles. The van der Waals surface area contributed by atoms with E-state index in [0.29, 0.717) is 11.6 Å². The second kappa shape index (κ2) is 8.14. The zero-order valence-corrected chi connectivity index (χ0v) is 15.2. The first kappa shape index (κ1) is 17.5. The van der Waals surface area contributed by atoms with Gasteiger partial charge in [0, 0.05) is 22.5 Å². The molecule has 25 heavy (non-hydrogen) atoms. The van der Waals surface area contributed by atoms with E-state index < -0.39 is 0 Å². The van der Waals surface area contributed by atoms with Crippen molar-refractivity contribution in [1.82, 2.24) is 10.3 Å². The fraction of sp³-hybridized carbons (Fsp3) is 0.158. The van der Waals surface area contributed by atoms with Crippen LogP contribution in [-0.2, 0) is 17.8 Å². The molecule has 1 N–H and O–H groups in total. The number of methoxy groups -OCH3 is 1. The summed E-state index contributed by atoms with van der Waals surface area (Å²) < 4.78 is 5.16. The smallest absolute Gasteiger partial charge is 0.226 e. The predicted octanol–water partition coefficient (Wildman–Crippen LogP) is 4.33. The first-order valence-electron chi connectivity index (χ1n) is 7.74. The Hall–Kier alpha value is -2.37. The lowest BCUT2D eigenvalue weighted by Crippen LogP contribution is -2.24. The van der Waals surface area contributed by atoms with Gasteiger partial charge in [-0.3, -0.25) is 4.79 Å². The number of carbonyl (C=O) groups excluding carboxylic acids is 1. The van der Waals surface area contributed by atoms with E-state index in [1.807, 2.05) is 53.9 Å². The van der Waals surface area contributed by atoms with Crippen LogP contribution in [-0.4, -0.2) is 18.0 Å². The maximum Gasteiger partial charge on any atom is 0.226 e. The lowest BCUT2D eigenvalue weighted by Gasteiger charge is -2.04. The minimum absolute atomic E-state index is 0.0541. The number of ether oxygens (including phenoxy) is 1. The lowest BCUT2D eigenvalue weighted by molar-refractivity contribution is -0.120. The molecule has 2 aromatic carbocycles. The molecule has 3 rings (SSSR count). The highest BCUT2D eigenvalue weighted by Crippen LogP contribution is 2.25. The van der Waals surface area contributed by atoms with Gasteiger partial charge in [0.2, 0.25) is 5.91 Å². The molecular weight excluding hydrogens is 356 g/mol. The van der Waals surface area contributed by atoms with Crippen LogP contribution < -0.4 is 10.1 Å². The van der Waals surface area contributed by atoms with Crippen LogP contribution in [0.25, 0.3) is 10.6 Å². The normalized spacial score (nSPS) is 10.5. The number of nitrogens with one attached hydrogen (secondary N) is 1. The quantitative estimate of drug-likeness (QED) is 0.700.